The fourth-order valence-corrected chi connectivity index (χ4v) is 0.831. The number of aliphatic imine (C=N–C) groups is 1. The molecule has 0 N–H and O–H groups in total. The summed E-state index contributed by atoms with van der Waals surface area (Å²) in [5.74, 6) is 0.278. The van der Waals surface area contributed by atoms with Crippen molar-refractivity contribution in [3.8, 4) is 0 Å². The van der Waals surface area contributed by atoms with Gasteiger partial charge in [0.2, 0.25) is 0 Å². The minimum absolute atomic E-state index is 0.278. The van der Waals surface area contributed by atoms with Crippen molar-refractivity contribution < 1.29 is 8.78 Å². The van der Waals surface area contributed by atoms with Crippen molar-refractivity contribution in [3.05, 3.63) is 11.8 Å². The molecule has 0 aliphatic carbocycles. The van der Waals surface area contributed by atoms with Gasteiger partial charge < -0.3 is 0 Å². The normalized spacial score (nSPS) is 10.0. The summed E-state index contributed by atoms with van der Waals surface area (Å²) >= 11 is 4.32. The minimum Gasteiger partial charge on any atom is -0.250 e. The van der Waals surface area contributed by atoms with Crippen molar-refractivity contribution in [3.63, 3.8) is 0 Å². The minimum atomic E-state index is -2.58. The third kappa shape index (κ3) is 1.72. The highest BCUT2D eigenvalue weighted by Crippen LogP contribution is 2.21. The van der Waals surface area contributed by atoms with E-state index in [0.29, 0.717) is 0 Å². The van der Waals surface area contributed by atoms with E-state index in [1.807, 2.05) is 0 Å². The lowest BCUT2D eigenvalue weighted by atomic mass is 10.4. The van der Waals surface area contributed by atoms with Crippen LogP contribution in [0.15, 0.2) is 11.1 Å². The summed E-state index contributed by atoms with van der Waals surface area (Å²) in [5.41, 5.74) is -0.304. The Morgan fingerprint density at radius 1 is 1.75 bits per heavy atom. The second kappa shape index (κ2) is 3.51. The van der Waals surface area contributed by atoms with Crippen molar-refractivity contribution in [2.75, 3.05) is 0 Å². The largest absolute Gasteiger partial charge is 0.282 e. The lowest BCUT2D eigenvalue weighted by Gasteiger charge is -1.89. The zero-order valence-corrected chi connectivity index (χ0v) is 6.98. The number of hydrogen-bond donors (Lipinski definition) is 0. The number of aromatic nitrogens is 2. The van der Waals surface area contributed by atoms with E-state index in [1.165, 1.54) is 17.8 Å². The Labute approximate surface area is 72.7 Å². The van der Waals surface area contributed by atoms with Gasteiger partial charge in [0, 0.05) is 13.1 Å². The Morgan fingerprint density at radius 3 is 2.83 bits per heavy atom. The second-order valence-corrected chi connectivity index (χ2v) is 2.24. The monoisotopic (exact) mass is 189 g/mol. The van der Waals surface area contributed by atoms with Crippen molar-refractivity contribution in [1.82, 2.24) is 9.78 Å². The van der Waals surface area contributed by atoms with Gasteiger partial charge in [0.25, 0.3) is 6.43 Å². The molecule has 0 spiro atoms. The first-order valence-corrected chi connectivity index (χ1v) is 3.46. The van der Waals surface area contributed by atoms with Crippen LogP contribution in [-0.4, -0.2) is 14.9 Å². The highest BCUT2D eigenvalue weighted by atomic mass is 32.1. The van der Waals surface area contributed by atoms with Gasteiger partial charge in [-0.15, -0.1) is 0 Å². The lowest BCUT2D eigenvalue weighted by Crippen LogP contribution is -1.91. The molecule has 64 valence electrons. The molecule has 1 aromatic heterocycles. The second-order valence-electron chi connectivity index (χ2n) is 2.05. The van der Waals surface area contributed by atoms with Crippen LogP contribution in [0, 0.1) is 0 Å². The number of aryl methyl sites for hydroxylation is 1. The van der Waals surface area contributed by atoms with Crippen LogP contribution < -0.4 is 0 Å². The Kier molecular flexibility index (Phi) is 2.62. The summed E-state index contributed by atoms with van der Waals surface area (Å²) in [4.78, 5) is 3.54. The van der Waals surface area contributed by atoms with Crippen LogP contribution in [0.3, 0.4) is 0 Å². The van der Waals surface area contributed by atoms with Crippen LogP contribution in [0.2, 0.25) is 0 Å². The van der Waals surface area contributed by atoms with Crippen LogP contribution in [0.1, 0.15) is 12.1 Å². The van der Waals surface area contributed by atoms with Gasteiger partial charge in [-0.2, -0.15) is 10.1 Å². The molecule has 1 rings (SSSR count). The number of alkyl halides is 2. The van der Waals surface area contributed by atoms with Crippen molar-refractivity contribution in [2.45, 2.75) is 6.43 Å². The zero-order chi connectivity index (χ0) is 9.14. The van der Waals surface area contributed by atoms with Crippen LogP contribution in [0.4, 0.5) is 14.6 Å². The van der Waals surface area contributed by atoms with Crippen LogP contribution in [0.25, 0.3) is 0 Å². The van der Waals surface area contributed by atoms with Crippen molar-refractivity contribution >= 4 is 23.2 Å². The topological polar surface area (TPSA) is 30.2 Å². The molecular weight excluding hydrogens is 184 g/mol. The fourth-order valence-electron chi connectivity index (χ4n) is 0.737. The zero-order valence-electron chi connectivity index (χ0n) is 6.16. The van der Waals surface area contributed by atoms with Gasteiger partial charge in [-0.3, -0.25) is 0 Å². The molecule has 12 heavy (non-hydrogen) atoms. The molecule has 0 aromatic carbocycles. The number of thiocarbonyl (C=S) groups is 1. The predicted molar refractivity (Wildman–Crippen MR) is 42.9 cm³/mol. The molecule has 0 bridgehead atoms. The fraction of sp³-hybridized carbons (Fsp3) is 0.333. The van der Waals surface area contributed by atoms with E-state index < -0.39 is 6.43 Å². The summed E-state index contributed by atoms with van der Waals surface area (Å²) in [7, 11) is 1.51. The average Bonchev–Trinajstić information content (AvgIpc) is 2.34. The molecule has 1 aromatic rings. The summed E-state index contributed by atoms with van der Waals surface area (Å²) in [6.07, 6.45) is -2.58. The van der Waals surface area contributed by atoms with Crippen molar-refractivity contribution in [1.29, 1.82) is 0 Å². The number of isothiocyanates is 1. The van der Waals surface area contributed by atoms with Gasteiger partial charge in [-0.1, -0.05) is 0 Å². The van der Waals surface area contributed by atoms with E-state index in [1.54, 1.807) is 0 Å². The van der Waals surface area contributed by atoms with Crippen LogP contribution >= 0.6 is 12.2 Å². The Bertz CT molecular complexity index is 328. The van der Waals surface area contributed by atoms with E-state index in [-0.39, 0.29) is 11.5 Å². The van der Waals surface area contributed by atoms with Crippen LogP contribution in [0.5, 0.6) is 0 Å². The van der Waals surface area contributed by atoms with E-state index >= 15 is 0 Å². The SMILES string of the molecule is Cn1nc(C(F)F)cc1N=C=S. The van der Waals surface area contributed by atoms with Gasteiger partial charge >= 0.3 is 0 Å². The molecule has 0 saturated heterocycles. The summed E-state index contributed by atoms with van der Waals surface area (Å²) < 4.78 is 25.3. The molecule has 3 nitrogen and oxygen atoms in total. The molecule has 0 fully saturated rings. The first-order valence-electron chi connectivity index (χ1n) is 3.05. The molecule has 0 amide bonds. The number of halogens is 2. The smallest absolute Gasteiger partial charge is 0.250 e. The Morgan fingerprint density at radius 2 is 2.42 bits per heavy atom. The molecule has 0 saturated carbocycles. The molecule has 0 atom stereocenters. The number of hydrogen-bond acceptors (Lipinski definition) is 3. The Hall–Kier alpha value is -1.13. The third-order valence-electron chi connectivity index (χ3n) is 1.26. The highest BCUT2D eigenvalue weighted by Gasteiger charge is 2.12. The van der Waals surface area contributed by atoms with Crippen LogP contribution in [-0.2, 0) is 7.05 Å². The van der Waals surface area contributed by atoms with E-state index in [2.05, 4.69) is 27.5 Å². The Balaban J connectivity index is 3.08. The van der Waals surface area contributed by atoms with Gasteiger partial charge in [0.05, 0.1) is 5.16 Å². The maximum Gasteiger partial charge on any atom is 0.282 e. The van der Waals surface area contributed by atoms with Gasteiger partial charge in [0.15, 0.2) is 5.82 Å². The maximum absolute atomic E-state index is 12.0. The van der Waals surface area contributed by atoms with E-state index in [0.717, 1.165) is 0 Å². The standard InChI is InChI=1S/C6H5F2N3S/c1-11-5(9-3-12)2-4(10-11)6(7)8/h2,6H,1H3. The number of rotatable bonds is 2. The van der Waals surface area contributed by atoms with Gasteiger partial charge in [0.1, 0.15) is 5.69 Å². The quantitative estimate of drug-likeness (QED) is 0.526. The summed E-state index contributed by atoms with van der Waals surface area (Å²) in [6, 6.07) is 1.17. The van der Waals surface area contributed by atoms with Gasteiger partial charge in [-0.25, -0.2) is 13.5 Å². The molecule has 0 aliphatic heterocycles. The van der Waals surface area contributed by atoms with E-state index in [9.17, 15) is 8.78 Å². The third-order valence-corrected chi connectivity index (χ3v) is 1.35. The summed E-state index contributed by atoms with van der Waals surface area (Å²) in [5, 5.41) is 5.60. The first kappa shape index (κ1) is 8.96. The maximum atomic E-state index is 12.0. The average molecular weight is 189 g/mol. The number of nitrogens with zero attached hydrogens (tertiary/aromatic N) is 3. The van der Waals surface area contributed by atoms with Gasteiger partial charge in [-0.05, 0) is 12.2 Å². The van der Waals surface area contributed by atoms with Crippen molar-refractivity contribution in [2.24, 2.45) is 12.0 Å². The first-order chi connectivity index (χ1) is 5.65. The highest BCUT2D eigenvalue weighted by molar-refractivity contribution is 7.78. The molecule has 0 radical (unpaired) electrons. The molecular formula is C6H5F2N3S. The van der Waals surface area contributed by atoms with E-state index in [4.69, 9.17) is 0 Å². The molecule has 0 unspecified atom stereocenters. The molecule has 6 heteroatoms. The molecule has 0 aliphatic rings. The lowest BCUT2D eigenvalue weighted by molar-refractivity contribution is 0.145. The summed E-state index contributed by atoms with van der Waals surface area (Å²) in [6.45, 7) is 0. The predicted octanol–water partition coefficient (Wildman–Crippen LogP) is 2.09. The molecule has 1 heterocycles.